The molecule has 0 radical (unpaired) electrons. The molecule has 0 bridgehead atoms. The smallest absolute Gasteiger partial charge is 0.311 e. The maximum absolute atomic E-state index is 12.5. The number of nitrogens with zero attached hydrogens (tertiary/aromatic N) is 1. The van der Waals surface area contributed by atoms with Gasteiger partial charge in [0.05, 0.1) is 25.8 Å². The van der Waals surface area contributed by atoms with Crippen LogP contribution in [0.4, 0.5) is 5.69 Å². The molecule has 1 aliphatic rings. The van der Waals surface area contributed by atoms with Crippen LogP contribution in [-0.2, 0) is 19.1 Å². The fourth-order valence-corrected chi connectivity index (χ4v) is 3.18. The normalized spacial score (nSPS) is 15.1. The van der Waals surface area contributed by atoms with E-state index in [0.717, 1.165) is 0 Å². The van der Waals surface area contributed by atoms with Gasteiger partial charge >= 0.3 is 5.97 Å². The van der Waals surface area contributed by atoms with Crippen LogP contribution >= 0.6 is 0 Å². The van der Waals surface area contributed by atoms with Crippen molar-refractivity contribution in [3.05, 3.63) is 54.1 Å². The molecule has 3 rings (SSSR count). The summed E-state index contributed by atoms with van der Waals surface area (Å²) in [6.45, 7) is -0.519. The third kappa shape index (κ3) is 5.34. The van der Waals surface area contributed by atoms with E-state index in [4.69, 9.17) is 14.2 Å². The second-order valence-electron chi connectivity index (χ2n) is 6.92. The standard InChI is InChI=1S/C22H23N3O7/c1-30-16-8-9-18(31-2)17(11-16)25-12-15(10-20(25)27)22(29)32-13-19(26)23-24-21(28)14-6-4-3-5-7-14/h3-9,11,15H,10,12-13H2,1-2H3,(H,23,26)(H,24,28)/t15-/m1/s1. The Bertz CT molecular complexity index is 1010. The van der Waals surface area contributed by atoms with Crippen LogP contribution in [0.25, 0.3) is 0 Å². The molecule has 1 atom stereocenters. The van der Waals surface area contributed by atoms with Crippen LogP contribution in [0.5, 0.6) is 11.5 Å². The molecule has 1 saturated heterocycles. The van der Waals surface area contributed by atoms with E-state index in [-0.39, 0.29) is 18.9 Å². The first kappa shape index (κ1) is 22.6. The number of rotatable bonds is 7. The topological polar surface area (TPSA) is 123 Å². The molecular formula is C22H23N3O7. The number of hydrazine groups is 1. The molecule has 168 valence electrons. The number of hydrogen-bond donors (Lipinski definition) is 2. The van der Waals surface area contributed by atoms with Crippen molar-refractivity contribution < 1.29 is 33.4 Å². The number of anilines is 1. The molecule has 1 heterocycles. The summed E-state index contributed by atoms with van der Waals surface area (Å²) in [5.74, 6) is -1.93. The summed E-state index contributed by atoms with van der Waals surface area (Å²) in [7, 11) is 2.98. The van der Waals surface area contributed by atoms with E-state index in [0.29, 0.717) is 22.7 Å². The van der Waals surface area contributed by atoms with Crippen molar-refractivity contribution in [2.75, 3.05) is 32.3 Å². The molecule has 10 heteroatoms. The summed E-state index contributed by atoms with van der Waals surface area (Å²) in [5.41, 5.74) is 5.25. The second-order valence-corrected chi connectivity index (χ2v) is 6.92. The Morgan fingerprint density at radius 3 is 2.47 bits per heavy atom. The lowest BCUT2D eigenvalue weighted by molar-refractivity contribution is -0.152. The number of esters is 1. The quantitative estimate of drug-likeness (QED) is 0.486. The molecule has 0 spiro atoms. The minimum atomic E-state index is -0.745. The van der Waals surface area contributed by atoms with E-state index in [1.54, 1.807) is 48.5 Å². The van der Waals surface area contributed by atoms with Gasteiger partial charge in [0.25, 0.3) is 11.8 Å². The van der Waals surface area contributed by atoms with Gasteiger partial charge in [-0.3, -0.25) is 30.0 Å². The van der Waals surface area contributed by atoms with Crippen molar-refractivity contribution in [2.24, 2.45) is 5.92 Å². The van der Waals surface area contributed by atoms with Crippen molar-refractivity contribution >= 4 is 29.4 Å². The predicted octanol–water partition coefficient (Wildman–Crippen LogP) is 1.06. The van der Waals surface area contributed by atoms with Gasteiger partial charge in [-0.25, -0.2) is 0 Å². The average Bonchev–Trinajstić information content (AvgIpc) is 3.22. The summed E-state index contributed by atoms with van der Waals surface area (Å²) < 4.78 is 15.5. The van der Waals surface area contributed by atoms with Gasteiger partial charge in [0.15, 0.2) is 6.61 Å². The summed E-state index contributed by atoms with van der Waals surface area (Å²) in [5, 5.41) is 0. The third-order valence-electron chi connectivity index (χ3n) is 4.83. The van der Waals surface area contributed by atoms with Gasteiger partial charge in [-0.15, -0.1) is 0 Å². The second kappa shape index (κ2) is 10.3. The number of nitrogens with one attached hydrogen (secondary N) is 2. The van der Waals surface area contributed by atoms with Crippen LogP contribution < -0.4 is 25.2 Å². The zero-order valence-corrected chi connectivity index (χ0v) is 17.6. The highest BCUT2D eigenvalue weighted by atomic mass is 16.5. The lowest BCUT2D eigenvalue weighted by Crippen LogP contribution is -2.43. The van der Waals surface area contributed by atoms with E-state index in [1.807, 2.05) is 0 Å². The molecule has 1 aliphatic heterocycles. The molecule has 32 heavy (non-hydrogen) atoms. The van der Waals surface area contributed by atoms with Crippen LogP contribution in [-0.4, -0.2) is 51.1 Å². The highest BCUT2D eigenvalue weighted by molar-refractivity contribution is 6.01. The fraction of sp³-hybridized carbons (Fsp3) is 0.273. The Morgan fingerprint density at radius 2 is 1.78 bits per heavy atom. The third-order valence-corrected chi connectivity index (χ3v) is 4.83. The van der Waals surface area contributed by atoms with Gasteiger partial charge in [0.1, 0.15) is 11.5 Å². The first-order chi connectivity index (χ1) is 15.4. The van der Waals surface area contributed by atoms with Crippen molar-refractivity contribution in [1.29, 1.82) is 0 Å². The first-order valence-corrected chi connectivity index (χ1v) is 9.76. The van der Waals surface area contributed by atoms with Crippen LogP contribution in [0.2, 0.25) is 0 Å². The Morgan fingerprint density at radius 1 is 1.03 bits per heavy atom. The molecule has 3 amide bonds. The summed E-state index contributed by atoms with van der Waals surface area (Å²) >= 11 is 0. The van der Waals surface area contributed by atoms with Crippen LogP contribution in [0.3, 0.4) is 0 Å². The molecular weight excluding hydrogens is 418 g/mol. The minimum absolute atomic E-state index is 0.0639. The Labute approximate surface area is 184 Å². The van der Waals surface area contributed by atoms with Crippen LogP contribution in [0.15, 0.2) is 48.5 Å². The average molecular weight is 441 g/mol. The van der Waals surface area contributed by atoms with Gasteiger partial charge in [0, 0.05) is 24.6 Å². The van der Waals surface area contributed by atoms with Crippen molar-refractivity contribution in [3.63, 3.8) is 0 Å². The van der Waals surface area contributed by atoms with E-state index in [9.17, 15) is 19.2 Å². The molecule has 10 nitrogen and oxygen atoms in total. The van der Waals surface area contributed by atoms with Gasteiger partial charge in [-0.2, -0.15) is 0 Å². The van der Waals surface area contributed by atoms with E-state index in [2.05, 4.69) is 10.9 Å². The molecule has 1 fully saturated rings. The number of carbonyl (C=O) groups is 4. The van der Waals surface area contributed by atoms with E-state index < -0.39 is 30.3 Å². The summed E-state index contributed by atoms with van der Waals surface area (Å²) in [4.78, 5) is 50.1. The predicted molar refractivity (Wildman–Crippen MR) is 113 cm³/mol. The van der Waals surface area contributed by atoms with Crippen LogP contribution in [0, 0.1) is 5.92 Å². The van der Waals surface area contributed by atoms with E-state index in [1.165, 1.54) is 19.1 Å². The Balaban J connectivity index is 1.52. The fourth-order valence-electron chi connectivity index (χ4n) is 3.18. The molecule has 2 aromatic rings. The van der Waals surface area contributed by atoms with Gasteiger partial charge in [-0.05, 0) is 24.3 Å². The lowest BCUT2D eigenvalue weighted by atomic mass is 10.1. The first-order valence-electron chi connectivity index (χ1n) is 9.76. The van der Waals surface area contributed by atoms with Crippen molar-refractivity contribution in [2.45, 2.75) is 6.42 Å². The van der Waals surface area contributed by atoms with E-state index >= 15 is 0 Å². The Kier molecular flexibility index (Phi) is 7.27. The number of carbonyl (C=O) groups excluding carboxylic acids is 4. The lowest BCUT2D eigenvalue weighted by Gasteiger charge is -2.20. The number of ether oxygens (including phenoxy) is 3. The maximum atomic E-state index is 12.5. The summed E-state index contributed by atoms with van der Waals surface area (Å²) in [6, 6.07) is 13.3. The highest BCUT2D eigenvalue weighted by Crippen LogP contribution is 2.36. The number of benzene rings is 2. The number of amides is 3. The number of hydrogen-bond acceptors (Lipinski definition) is 7. The van der Waals surface area contributed by atoms with Crippen molar-refractivity contribution in [3.8, 4) is 11.5 Å². The SMILES string of the molecule is COc1ccc(OC)c(N2C[C@H](C(=O)OCC(=O)NNC(=O)c3ccccc3)CC2=O)c1. The molecule has 0 unspecified atom stereocenters. The molecule has 0 saturated carbocycles. The van der Waals surface area contributed by atoms with Gasteiger partial charge < -0.3 is 19.1 Å². The number of methoxy groups -OCH3 is 2. The largest absolute Gasteiger partial charge is 0.497 e. The minimum Gasteiger partial charge on any atom is -0.497 e. The zero-order chi connectivity index (χ0) is 23.1. The van der Waals surface area contributed by atoms with Crippen molar-refractivity contribution in [1.82, 2.24) is 10.9 Å². The molecule has 0 aromatic heterocycles. The molecule has 2 aromatic carbocycles. The Hall–Kier alpha value is -4.08. The molecule has 2 N–H and O–H groups in total. The highest BCUT2D eigenvalue weighted by Gasteiger charge is 2.37. The van der Waals surface area contributed by atoms with Gasteiger partial charge in [-0.1, -0.05) is 18.2 Å². The van der Waals surface area contributed by atoms with Crippen LogP contribution in [0.1, 0.15) is 16.8 Å². The maximum Gasteiger partial charge on any atom is 0.311 e. The summed E-state index contributed by atoms with van der Waals surface area (Å²) in [6.07, 6.45) is -0.0639. The van der Waals surface area contributed by atoms with Gasteiger partial charge in [0.2, 0.25) is 5.91 Å². The monoisotopic (exact) mass is 441 g/mol. The molecule has 0 aliphatic carbocycles. The zero-order valence-electron chi connectivity index (χ0n) is 17.6.